The number of alkyl halides is 2. The fraction of sp³-hybridized carbons (Fsp3) is 0.550. The number of fused-ring (bicyclic) bond motifs is 3. The zero-order valence-electron chi connectivity index (χ0n) is 31.4. The second-order valence-corrected chi connectivity index (χ2v) is 17.7. The van der Waals surface area contributed by atoms with Crippen molar-refractivity contribution < 1.29 is 27.8 Å². The lowest BCUT2D eigenvalue weighted by atomic mass is 9.86. The van der Waals surface area contributed by atoms with Crippen LogP contribution in [0, 0.1) is 3.95 Å². The number of nitrogens with one attached hydrogen (secondary N) is 1. The Morgan fingerprint density at radius 1 is 1.02 bits per heavy atom. The van der Waals surface area contributed by atoms with Gasteiger partial charge in [0.2, 0.25) is 5.91 Å². The van der Waals surface area contributed by atoms with Gasteiger partial charge in [-0.1, -0.05) is 0 Å². The molecule has 4 aliphatic heterocycles. The predicted molar refractivity (Wildman–Crippen MR) is 209 cm³/mol. The van der Waals surface area contributed by atoms with Crippen LogP contribution in [-0.4, -0.2) is 81.6 Å². The summed E-state index contributed by atoms with van der Waals surface area (Å²) in [6, 6.07) is 7.87. The third-order valence-electron chi connectivity index (χ3n) is 11.4. The third-order valence-corrected chi connectivity index (χ3v) is 12.7. The number of halogens is 2. The van der Waals surface area contributed by atoms with E-state index < -0.39 is 12.0 Å². The number of ether oxygens (including phenoxy) is 2. The van der Waals surface area contributed by atoms with Gasteiger partial charge in [0.25, 0.3) is 6.43 Å². The quantitative estimate of drug-likeness (QED) is 0.202. The molecule has 2 saturated heterocycles. The van der Waals surface area contributed by atoms with Crippen LogP contribution >= 0.6 is 23.6 Å². The standard InChI is InChI=1S/C40H48F2N6O4S2/c1-23(49)46-15-9-33-31(22-46)37(44-48(33)27-10-16-51-17-11-27)47-12-5-6-25-18-28(30(36(41)42)21-34(25)47)26-19-29(35-32(20-26)43-38(53)54-35)24-7-13-45(14-8-24)39(50)52-40(2,3)4/h18-21,24,27,36H,5-17,22H2,1-4H3,(H,43,53). The van der Waals surface area contributed by atoms with Crippen molar-refractivity contribution in [2.45, 2.75) is 103 Å². The van der Waals surface area contributed by atoms with Gasteiger partial charge in [-0.3, -0.25) is 9.48 Å². The van der Waals surface area contributed by atoms with E-state index in [9.17, 15) is 9.59 Å². The van der Waals surface area contributed by atoms with Crippen LogP contribution in [0.1, 0.15) is 106 Å². The number of likely N-dealkylation sites (tertiary alicyclic amines) is 1. The van der Waals surface area contributed by atoms with Crippen molar-refractivity contribution in [2.24, 2.45) is 0 Å². The molecular formula is C40H48F2N6O4S2. The van der Waals surface area contributed by atoms with Gasteiger partial charge in [-0.25, -0.2) is 13.6 Å². The minimum Gasteiger partial charge on any atom is -0.444 e. The Kier molecular flexibility index (Phi) is 10.1. The summed E-state index contributed by atoms with van der Waals surface area (Å²) < 4.78 is 45.7. The van der Waals surface area contributed by atoms with E-state index in [0.29, 0.717) is 61.9 Å². The lowest BCUT2D eigenvalue weighted by molar-refractivity contribution is -0.129. The van der Waals surface area contributed by atoms with Crippen molar-refractivity contribution in [3.05, 3.63) is 56.2 Å². The summed E-state index contributed by atoms with van der Waals surface area (Å²) in [5, 5.41) is 5.24. The maximum atomic E-state index is 15.3. The molecule has 0 spiro atoms. The van der Waals surface area contributed by atoms with E-state index in [-0.39, 0.29) is 29.5 Å². The summed E-state index contributed by atoms with van der Waals surface area (Å²) in [4.78, 5) is 34.4. The molecule has 14 heteroatoms. The SMILES string of the molecule is CC(=O)N1CCc2c(c(N3CCCc4cc(-c5cc(C6CCN(C(=O)OC(C)(C)C)CC6)c6sc(=S)[nH]c6c5)c(C(F)F)cc43)nn2C2CCOCC2)C1. The molecule has 2 aromatic carbocycles. The largest absolute Gasteiger partial charge is 0.444 e. The fourth-order valence-corrected chi connectivity index (χ4v) is 9.96. The molecule has 4 aromatic rings. The number of anilines is 2. The number of aromatic amines is 1. The summed E-state index contributed by atoms with van der Waals surface area (Å²) in [6.07, 6.45) is 2.47. The smallest absolute Gasteiger partial charge is 0.410 e. The van der Waals surface area contributed by atoms with Crippen LogP contribution < -0.4 is 4.90 Å². The second-order valence-electron chi connectivity index (χ2n) is 16.0. The first kappa shape index (κ1) is 37.1. The number of piperidine rings is 1. The molecule has 0 bridgehead atoms. The molecule has 1 N–H and O–H groups in total. The molecule has 2 amide bonds. The molecule has 8 rings (SSSR count). The number of benzene rings is 2. The fourth-order valence-electron chi connectivity index (χ4n) is 8.69. The lowest BCUT2D eigenvalue weighted by Gasteiger charge is -2.34. The van der Waals surface area contributed by atoms with Gasteiger partial charge >= 0.3 is 6.09 Å². The number of aromatic nitrogens is 3. The minimum absolute atomic E-state index is 0.0186. The predicted octanol–water partition coefficient (Wildman–Crippen LogP) is 9.21. The van der Waals surface area contributed by atoms with Crippen LogP contribution in [0.5, 0.6) is 0 Å². The molecular weight excluding hydrogens is 731 g/mol. The van der Waals surface area contributed by atoms with Gasteiger partial charge in [0.15, 0.2) is 9.77 Å². The molecule has 4 aliphatic rings. The molecule has 54 heavy (non-hydrogen) atoms. The highest BCUT2D eigenvalue weighted by atomic mass is 32.1. The average Bonchev–Trinajstić information content (AvgIpc) is 3.72. The molecule has 2 aromatic heterocycles. The van der Waals surface area contributed by atoms with E-state index in [4.69, 9.17) is 26.8 Å². The summed E-state index contributed by atoms with van der Waals surface area (Å²) >= 11 is 7.09. The van der Waals surface area contributed by atoms with Crippen molar-refractivity contribution in [1.82, 2.24) is 24.6 Å². The van der Waals surface area contributed by atoms with Crippen molar-refractivity contribution in [3.63, 3.8) is 0 Å². The van der Waals surface area contributed by atoms with Gasteiger partial charge in [-0.2, -0.15) is 5.10 Å². The number of rotatable bonds is 5. The van der Waals surface area contributed by atoms with Crippen molar-refractivity contribution in [3.8, 4) is 11.1 Å². The lowest BCUT2D eigenvalue weighted by Crippen LogP contribution is -2.41. The molecule has 2 fully saturated rings. The number of thiazole rings is 1. The van der Waals surface area contributed by atoms with Crippen molar-refractivity contribution >= 4 is 57.3 Å². The summed E-state index contributed by atoms with van der Waals surface area (Å²) in [6.45, 7) is 11.4. The number of amides is 2. The molecule has 6 heterocycles. The van der Waals surface area contributed by atoms with E-state index in [1.54, 1.807) is 17.9 Å². The Morgan fingerprint density at radius 2 is 1.78 bits per heavy atom. The van der Waals surface area contributed by atoms with Crippen LogP contribution in [0.25, 0.3) is 21.3 Å². The first-order valence-electron chi connectivity index (χ1n) is 19.2. The number of hydrogen-bond donors (Lipinski definition) is 1. The Bertz CT molecular complexity index is 2140. The molecule has 0 radical (unpaired) electrons. The first-order valence-corrected chi connectivity index (χ1v) is 20.4. The molecule has 288 valence electrons. The van der Waals surface area contributed by atoms with Gasteiger partial charge in [0.1, 0.15) is 5.60 Å². The first-order chi connectivity index (χ1) is 25.8. The molecule has 0 aliphatic carbocycles. The normalized spacial score (nSPS) is 18.7. The van der Waals surface area contributed by atoms with Gasteiger partial charge in [0.05, 0.1) is 22.8 Å². The monoisotopic (exact) mass is 778 g/mol. The zero-order chi connectivity index (χ0) is 37.9. The Balaban J connectivity index is 1.17. The van der Waals surface area contributed by atoms with E-state index >= 15 is 8.78 Å². The van der Waals surface area contributed by atoms with E-state index in [1.165, 1.54) is 11.3 Å². The number of hydrogen-bond acceptors (Lipinski definition) is 8. The average molecular weight is 779 g/mol. The highest BCUT2D eigenvalue weighted by Crippen LogP contribution is 2.46. The molecule has 0 atom stereocenters. The van der Waals surface area contributed by atoms with Crippen LogP contribution in [0.15, 0.2) is 24.3 Å². The topological polar surface area (TPSA) is 95.9 Å². The second kappa shape index (κ2) is 14.6. The van der Waals surface area contributed by atoms with Crippen molar-refractivity contribution in [1.29, 1.82) is 0 Å². The highest BCUT2D eigenvalue weighted by molar-refractivity contribution is 7.73. The van der Waals surface area contributed by atoms with Crippen LogP contribution in [0.4, 0.5) is 25.1 Å². The maximum Gasteiger partial charge on any atom is 0.410 e. The Hall–Kier alpha value is -3.88. The van der Waals surface area contributed by atoms with Gasteiger partial charge in [0, 0.05) is 75.2 Å². The number of aryl methyl sites for hydroxylation is 1. The number of H-pyrrole nitrogens is 1. The maximum absolute atomic E-state index is 15.3. The van der Waals surface area contributed by atoms with Crippen LogP contribution in [-0.2, 0) is 33.7 Å². The minimum atomic E-state index is -2.71. The van der Waals surface area contributed by atoms with E-state index in [1.807, 2.05) is 37.8 Å². The molecule has 0 unspecified atom stereocenters. The summed E-state index contributed by atoms with van der Waals surface area (Å²) in [7, 11) is 0. The van der Waals surface area contributed by atoms with Gasteiger partial charge in [-0.05, 0) is 124 Å². The molecule has 10 nitrogen and oxygen atoms in total. The number of nitrogens with zero attached hydrogens (tertiary/aromatic N) is 5. The van der Waals surface area contributed by atoms with Crippen LogP contribution in [0.2, 0.25) is 0 Å². The highest BCUT2D eigenvalue weighted by Gasteiger charge is 2.35. The Morgan fingerprint density at radius 3 is 2.48 bits per heavy atom. The summed E-state index contributed by atoms with van der Waals surface area (Å²) in [5.41, 5.74) is 6.46. The Labute approximate surface area is 323 Å². The number of carbonyl (C=O) groups excluding carboxylic acids is 2. The van der Waals surface area contributed by atoms with Crippen LogP contribution in [0.3, 0.4) is 0 Å². The molecule has 0 saturated carbocycles. The van der Waals surface area contributed by atoms with Gasteiger partial charge < -0.3 is 29.2 Å². The van der Waals surface area contributed by atoms with E-state index in [0.717, 1.165) is 88.2 Å². The van der Waals surface area contributed by atoms with E-state index in [2.05, 4.69) is 20.6 Å². The number of carbonyl (C=O) groups is 2. The summed E-state index contributed by atoms with van der Waals surface area (Å²) in [5.74, 6) is 0.913. The van der Waals surface area contributed by atoms with Crippen molar-refractivity contribution in [2.75, 3.05) is 44.3 Å². The van der Waals surface area contributed by atoms with Gasteiger partial charge in [-0.15, -0.1) is 11.3 Å². The third kappa shape index (κ3) is 7.16. The zero-order valence-corrected chi connectivity index (χ0v) is 33.0.